The van der Waals surface area contributed by atoms with Crippen molar-refractivity contribution in [1.82, 2.24) is 4.90 Å². The summed E-state index contributed by atoms with van der Waals surface area (Å²) < 4.78 is 5.30. The van der Waals surface area contributed by atoms with Crippen molar-refractivity contribution in [3.05, 3.63) is 0 Å². The number of ether oxygens (including phenoxy) is 1. The lowest BCUT2D eigenvalue weighted by molar-refractivity contribution is 0.0316. The maximum absolute atomic E-state index is 6.16. The van der Waals surface area contributed by atoms with Gasteiger partial charge in [0.2, 0.25) is 0 Å². The van der Waals surface area contributed by atoms with E-state index >= 15 is 0 Å². The van der Waals surface area contributed by atoms with Gasteiger partial charge in [0.05, 0.1) is 6.61 Å². The van der Waals surface area contributed by atoms with Gasteiger partial charge in [-0.1, -0.05) is 20.8 Å². The number of thioether (sulfide) groups is 1. The van der Waals surface area contributed by atoms with Gasteiger partial charge in [-0.05, 0) is 19.3 Å². The molecule has 1 aliphatic rings. The van der Waals surface area contributed by atoms with E-state index in [-0.39, 0.29) is 5.54 Å². The fourth-order valence-electron chi connectivity index (χ4n) is 3.14. The Bertz CT molecular complexity index is 236. The summed E-state index contributed by atoms with van der Waals surface area (Å²) in [5, 5.41) is 0.730. The lowest BCUT2D eigenvalue weighted by atomic mass is 9.90. The lowest BCUT2D eigenvalue weighted by Crippen LogP contribution is -2.59. The largest absolute Gasteiger partial charge is 0.383 e. The molecule has 0 aromatic rings. The number of hydrogen-bond acceptors (Lipinski definition) is 4. The third-order valence-corrected chi connectivity index (χ3v) is 5.65. The molecule has 4 heteroatoms. The average molecular weight is 274 g/mol. The number of hydrogen-bond donors (Lipinski definition) is 1. The highest BCUT2D eigenvalue weighted by atomic mass is 32.2. The molecule has 18 heavy (non-hydrogen) atoms. The Balaban J connectivity index is 2.84. The Morgan fingerprint density at radius 1 is 1.44 bits per heavy atom. The molecular weight excluding hydrogens is 244 g/mol. The van der Waals surface area contributed by atoms with Crippen molar-refractivity contribution in [2.75, 3.05) is 32.6 Å². The predicted molar refractivity (Wildman–Crippen MR) is 81.3 cm³/mol. The van der Waals surface area contributed by atoms with Crippen molar-refractivity contribution in [1.29, 1.82) is 0 Å². The maximum atomic E-state index is 6.16. The van der Waals surface area contributed by atoms with Gasteiger partial charge in [-0.3, -0.25) is 4.90 Å². The second kappa shape index (κ2) is 7.73. The van der Waals surface area contributed by atoms with Crippen LogP contribution in [0.1, 0.15) is 40.0 Å². The monoisotopic (exact) mass is 274 g/mol. The van der Waals surface area contributed by atoms with Gasteiger partial charge in [-0.15, -0.1) is 0 Å². The molecule has 2 unspecified atom stereocenters. The molecule has 1 rings (SSSR count). The maximum Gasteiger partial charge on any atom is 0.0590 e. The van der Waals surface area contributed by atoms with Crippen LogP contribution < -0.4 is 5.73 Å². The molecule has 0 saturated carbocycles. The first-order chi connectivity index (χ1) is 8.63. The number of rotatable bonds is 8. The van der Waals surface area contributed by atoms with Gasteiger partial charge in [0.1, 0.15) is 0 Å². The van der Waals surface area contributed by atoms with E-state index in [1.165, 1.54) is 25.0 Å². The molecule has 1 saturated heterocycles. The Hall–Kier alpha value is 0.230. The normalized spacial score (nSPS) is 28.5. The van der Waals surface area contributed by atoms with Gasteiger partial charge in [0, 0.05) is 42.8 Å². The van der Waals surface area contributed by atoms with Crippen LogP contribution in [0.3, 0.4) is 0 Å². The van der Waals surface area contributed by atoms with E-state index in [4.69, 9.17) is 10.5 Å². The van der Waals surface area contributed by atoms with Crippen molar-refractivity contribution in [2.45, 2.75) is 56.9 Å². The van der Waals surface area contributed by atoms with E-state index in [0.29, 0.717) is 6.04 Å². The molecule has 0 bridgehead atoms. The van der Waals surface area contributed by atoms with Crippen LogP contribution in [0.15, 0.2) is 0 Å². The van der Waals surface area contributed by atoms with Crippen LogP contribution >= 0.6 is 11.8 Å². The first-order valence-corrected chi connectivity index (χ1v) is 8.25. The minimum Gasteiger partial charge on any atom is -0.383 e. The summed E-state index contributed by atoms with van der Waals surface area (Å²) in [7, 11) is 1.78. The second-order valence-corrected chi connectivity index (χ2v) is 6.84. The molecule has 1 heterocycles. The quantitative estimate of drug-likeness (QED) is 0.737. The zero-order chi connectivity index (χ0) is 13.6. The van der Waals surface area contributed by atoms with E-state index in [1.54, 1.807) is 7.11 Å². The highest BCUT2D eigenvalue weighted by molar-refractivity contribution is 8.00. The average Bonchev–Trinajstić information content (AvgIpc) is 2.77. The number of nitrogens with two attached hydrogens (primary N) is 1. The molecule has 0 amide bonds. The minimum absolute atomic E-state index is 0.194. The summed E-state index contributed by atoms with van der Waals surface area (Å²) in [6.45, 7) is 9.46. The fourth-order valence-corrected chi connectivity index (χ4v) is 4.56. The fraction of sp³-hybridized carbons (Fsp3) is 1.00. The van der Waals surface area contributed by atoms with E-state index in [9.17, 15) is 0 Å². The van der Waals surface area contributed by atoms with Crippen molar-refractivity contribution in [3.8, 4) is 0 Å². The van der Waals surface area contributed by atoms with Gasteiger partial charge in [0.15, 0.2) is 0 Å². The van der Waals surface area contributed by atoms with Crippen molar-refractivity contribution >= 4 is 11.8 Å². The van der Waals surface area contributed by atoms with Gasteiger partial charge in [0.25, 0.3) is 0 Å². The minimum atomic E-state index is 0.194. The summed E-state index contributed by atoms with van der Waals surface area (Å²) in [6, 6.07) is 0.634. The smallest absolute Gasteiger partial charge is 0.0590 e. The van der Waals surface area contributed by atoms with Gasteiger partial charge in [-0.25, -0.2) is 0 Å². The summed E-state index contributed by atoms with van der Waals surface area (Å²) in [6.07, 6.45) is 3.61. The van der Waals surface area contributed by atoms with E-state index in [0.717, 1.165) is 24.9 Å². The molecule has 3 nitrogen and oxygen atoms in total. The Labute approximate surface area is 117 Å². The third kappa shape index (κ3) is 3.62. The standard InChI is InChI=1S/C14H30N2OS/c1-5-13(6-2)16(7-8-17-4)14(10-15)9-12(3)18-11-14/h12-13H,5-11,15H2,1-4H3. The Morgan fingerprint density at radius 3 is 2.50 bits per heavy atom. The summed E-state index contributed by atoms with van der Waals surface area (Å²) in [5.74, 6) is 1.17. The molecule has 0 aliphatic carbocycles. The van der Waals surface area contributed by atoms with Crippen LogP contribution in [0, 0.1) is 0 Å². The highest BCUT2D eigenvalue weighted by Crippen LogP contribution is 2.39. The second-order valence-electron chi connectivity index (χ2n) is 5.41. The summed E-state index contributed by atoms with van der Waals surface area (Å²) in [5.41, 5.74) is 6.35. The van der Waals surface area contributed by atoms with Crippen LogP contribution in [0.4, 0.5) is 0 Å². The molecule has 0 aromatic carbocycles. The van der Waals surface area contributed by atoms with Gasteiger partial charge in [-0.2, -0.15) is 11.8 Å². The molecule has 0 aromatic heterocycles. The number of methoxy groups -OCH3 is 1. The van der Waals surface area contributed by atoms with E-state index < -0.39 is 0 Å². The molecule has 0 radical (unpaired) electrons. The lowest BCUT2D eigenvalue weighted by Gasteiger charge is -2.45. The third-order valence-electron chi connectivity index (χ3n) is 4.21. The van der Waals surface area contributed by atoms with Crippen LogP contribution in [0.2, 0.25) is 0 Å². The summed E-state index contributed by atoms with van der Waals surface area (Å²) in [4.78, 5) is 2.65. The van der Waals surface area contributed by atoms with E-state index in [1.807, 2.05) is 0 Å². The zero-order valence-electron chi connectivity index (χ0n) is 12.4. The molecule has 1 fully saturated rings. The molecule has 0 spiro atoms. The predicted octanol–water partition coefficient (Wildman–Crippen LogP) is 2.35. The van der Waals surface area contributed by atoms with Crippen LogP contribution in [0.25, 0.3) is 0 Å². The van der Waals surface area contributed by atoms with Crippen molar-refractivity contribution < 1.29 is 4.74 Å². The SMILES string of the molecule is CCC(CC)N(CCOC)C1(CN)CSC(C)C1. The first-order valence-electron chi connectivity index (χ1n) is 7.20. The Morgan fingerprint density at radius 2 is 2.11 bits per heavy atom. The van der Waals surface area contributed by atoms with E-state index in [2.05, 4.69) is 37.4 Å². The van der Waals surface area contributed by atoms with Crippen molar-refractivity contribution in [3.63, 3.8) is 0 Å². The van der Waals surface area contributed by atoms with Crippen molar-refractivity contribution in [2.24, 2.45) is 5.73 Å². The van der Waals surface area contributed by atoms with Crippen LogP contribution in [0.5, 0.6) is 0 Å². The van der Waals surface area contributed by atoms with Crippen LogP contribution in [-0.2, 0) is 4.74 Å². The Kier molecular flexibility index (Phi) is 6.99. The van der Waals surface area contributed by atoms with Gasteiger partial charge >= 0.3 is 0 Å². The molecule has 1 aliphatic heterocycles. The first kappa shape index (κ1) is 16.3. The topological polar surface area (TPSA) is 38.5 Å². The zero-order valence-corrected chi connectivity index (χ0v) is 13.3. The molecule has 2 N–H and O–H groups in total. The number of nitrogens with zero attached hydrogens (tertiary/aromatic N) is 1. The summed E-state index contributed by atoms with van der Waals surface area (Å²) >= 11 is 2.07. The molecular formula is C14H30N2OS. The highest BCUT2D eigenvalue weighted by Gasteiger charge is 2.43. The molecule has 108 valence electrons. The van der Waals surface area contributed by atoms with Gasteiger partial charge < -0.3 is 10.5 Å². The van der Waals surface area contributed by atoms with Crippen LogP contribution in [-0.4, -0.2) is 54.3 Å². The molecule has 2 atom stereocenters.